The Morgan fingerprint density at radius 2 is 2.13 bits per heavy atom. The minimum atomic E-state index is -4.76. The Balaban J connectivity index is 2.08. The summed E-state index contributed by atoms with van der Waals surface area (Å²) in [5.41, 5.74) is -1.27. The van der Waals surface area contributed by atoms with Gasteiger partial charge in [-0.05, 0) is 6.92 Å². The Morgan fingerprint density at radius 3 is 2.73 bits per heavy atom. The molecule has 1 N–H and O–H groups in total. The molecule has 0 aromatic carbocycles. The van der Waals surface area contributed by atoms with E-state index >= 15 is 0 Å². The fourth-order valence-corrected chi connectivity index (χ4v) is 3.96. The predicted octanol–water partition coefficient (Wildman–Crippen LogP) is 2.75. The molecule has 1 atom stereocenters. The first kappa shape index (κ1) is 20.6. The van der Waals surface area contributed by atoms with Crippen LogP contribution >= 0.6 is 0 Å². The van der Waals surface area contributed by atoms with Crippen molar-refractivity contribution in [3.63, 3.8) is 0 Å². The fraction of sp³-hybridized carbons (Fsp3) is 0.471. The third kappa shape index (κ3) is 3.86. The number of anilines is 1. The number of aromatic nitrogens is 5. The number of morpholine rings is 1. The standard InChI is InChI=1S/C17H20F3N7O2S/c1-10-9-29-7-6-26(10)13-8-11(25-30(2,3)28)14-15(17(18,19)20)24-27(16(14)22-13)12-4-5-21-23-12/h4-5,8,10H,6-7,9H2,1-3H3,(H,21,23)/t10-/m1/s1. The summed E-state index contributed by atoms with van der Waals surface area (Å²) in [4.78, 5) is 6.42. The number of hydrogen-bond acceptors (Lipinski definition) is 7. The van der Waals surface area contributed by atoms with Crippen LogP contribution < -0.4 is 4.90 Å². The molecule has 0 bridgehead atoms. The highest BCUT2D eigenvalue weighted by Crippen LogP contribution is 2.41. The highest BCUT2D eigenvalue weighted by Gasteiger charge is 2.39. The van der Waals surface area contributed by atoms with Crippen molar-refractivity contribution >= 4 is 32.3 Å². The van der Waals surface area contributed by atoms with Crippen LogP contribution in [0.3, 0.4) is 0 Å². The van der Waals surface area contributed by atoms with E-state index in [9.17, 15) is 17.4 Å². The molecule has 0 amide bonds. The number of nitrogens with zero attached hydrogens (tertiary/aromatic N) is 6. The summed E-state index contributed by atoms with van der Waals surface area (Å²) in [7, 11) is -2.76. The first-order chi connectivity index (χ1) is 14.0. The Bertz CT molecular complexity index is 1190. The first-order valence-corrected chi connectivity index (χ1v) is 11.4. The lowest BCUT2D eigenvalue weighted by molar-refractivity contribution is -0.140. The average Bonchev–Trinajstić information content (AvgIpc) is 3.27. The molecule has 30 heavy (non-hydrogen) atoms. The maximum atomic E-state index is 13.8. The normalized spacial score (nSPS) is 18.2. The zero-order valence-electron chi connectivity index (χ0n) is 16.5. The maximum absolute atomic E-state index is 13.8. The SMILES string of the molecule is C[C@@H]1COCCN1c1cc(N=S(C)(C)=O)c2c(C(F)(F)F)nn(-c3ccn[nH]3)c2n1. The third-order valence-corrected chi connectivity index (χ3v) is 5.20. The summed E-state index contributed by atoms with van der Waals surface area (Å²) in [6, 6.07) is 2.87. The van der Waals surface area contributed by atoms with Crippen molar-refractivity contribution in [2.45, 2.75) is 19.1 Å². The van der Waals surface area contributed by atoms with Gasteiger partial charge in [0, 0.05) is 40.9 Å². The number of alkyl halides is 3. The van der Waals surface area contributed by atoms with Crippen LogP contribution in [-0.4, -0.2) is 67.5 Å². The highest BCUT2D eigenvalue weighted by molar-refractivity contribution is 7.92. The zero-order chi connectivity index (χ0) is 21.7. The van der Waals surface area contributed by atoms with Crippen LogP contribution in [0.25, 0.3) is 16.9 Å². The number of nitrogens with one attached hydrogen (secondary N) is 1. The number of pyridine rings is 1. The average molecular weight is 443 g/mol. The minimum Gasteiger partial charge on any atom is -0.377 e. The topological polar surface area (TPSA) is 101 Å². The van der Waals surface area contributed by atoms with Crippen LogP contribution in [0.5, 0.6) is 0 Å². The summed E-state index contributed by atoms with van der Waals surface area (Å²) in [6.45, 7) is 3.36. The van der Waals surface area contributed by atoms with Crippen molar-refractivity contribution in [2.24, 2.45) is 4.36 Å². The van der Waals surface area contributed by atoms with Gasteiger partial charge >= 0.3 is 6.18 Å². The molecule has 0 spiro atoms. The molecule has 13 heteroatoms. The van der Waals surface area contributed by atoms with E-state index in [4.69, 9.17) is 4.74 Å². The van der Waals surface area contributed by atoms with Crippen molar-refractivity contribution in [1.82, 2.24) is 25.0 Å². The van der Waals surface area contributed by atoms with Crippen molar-refractivity contribution < 1.29 is 22.1 Å². The van der Waals surface area contributed by atoms with E-state index in [1.807, 2.05) is 11.8 Å². The second-order valence-electron chi connectivity index (χ2n) is 7.29. The quantitative estimate of drug-likeness (QED) is 0.668. The van der Waals surface area contributed by atoms with E-state index in [1.165, 1.54) is 30.8 Å². The monoisotopic (exact) mass is 443 g/mol. The van der Waals surface area contributed by atoms with Gasteiger partial charge in [-0.25, -0.2) is 9.19 Å². The number of hydrogen-bond donors (Lipinski definition) is 1. The lowest BCUT2D eigenvalue weighted by Gasteiger charge is -2.34. The second-order valence-corrected chi connectivity index (χ2v) is 9.83. The van der Waals surface area contributed by atoms with Gasteiger partial charge in [0.1, 0.15) is 5.82 Å². The zero-order valence-corrected chi connectivity index (χ0v) is 17.3. The summed E-state index contributed by atoms with van der Waals surface area (Å²) in [6.07, 6.45) is -0.627. The van der Waals surface area contributed by atoms with E-state index in [0.29, 0.717) is 25.6 Å². The summed E-state index contributed by atoms with van der Waals surface area (Å²) < 4.78 is 64.5. The van der Waals surface area contributed by atoms with Gasteiger partial charge in [0.05, 0.1) is 36.5 Å². The van der Waals surface area contributed by atoms with Gasteiger partial charge in [-0.1, -0.05) is 0 Å². The maximum Gasteiger partial charge on any atom is 0.435 e. The Labute approximate surface area is 170 Å². The van der Waals surface area contributed by atoms with Gasteiger partial charge in [0.2, 0.25) is 0 Å². The summed E-state index contributed by atoms with van der Waals surface area (Å²) in [5.74, 6) is 0.630. The van der Waals surface area contributed by atoms with E-state index in [0.717, 1.165) is 4.68 Å². The molecule has 3 aromatic rings. The molecule has 4 rings (SSSR count). The van der Waals surface area contributed by atoms with Crippen molar-refractivity contribution in [2.75, 3.05) is 37.2 Å². The first-order valence-electron chi connectivity index (χ1n) is 9.07. The molecule has 0 aliphatic carbocycles. The van der Waals surface area contributed by atoms with Crippen molar-refractivity contribution in [1.29, 1.82) is 0 Å². The number of H-pyrrole nitrogens is 1. The van der Waals surface area contributed by atoms with Crippen LogP contribution in [0.1, 0.15) is 12.6 Å². The van der Waals surface area contributed by atoms with E-state index in [-0.39, 0.29) is 28.6 Å². The van der Waals surface area contributed by atoms with Gasteiger partial charge in [-0.3, -0.25) is 5.10 Å². The largest absolute Gasteiger partial charge is 0.435 e. The summed E-state index contributed by atoms with van der Waals surface area (Å²) in [5, 5.41) is 9.85. The van der Waals surface area contributed by atoms with Crippen LogP contribution in [0.15, 0.2) is 22.7 Å². The fourth-order valence-electron chi connectivity index (χ4n) is 3.34. The van der Waals surface area contributed by atoms with E-state index in [2.05, 4.69) is 24.6 Å². The molecule has 1 aliphatic rings. The Kier molecular flexibility index (Phi) is 4.97. The van der Waals surface area contributed by atoms with E-state index < -0.39 is 21.6 Å². The van der Waals surface area contributed by atoms with Gasteiger partial charge in [0.25, 0.3) is 0 Å². The molecule has 162 valence electrons. The lowest BCUT2D eigenvalue weighted by Crippen LogP contribution is -2.44. The molecular formula is C17H20F3N7O2S. The number of ether oxygens (including phenoxy) is 1. The molecule has 0 radical (unpaired) electrons. The van der Waals surface area contributed by atoms with Crippen molar-refractivity contribution in [3.05, 3.63) is 24.0 Å². The van der Waals surface area contributed by atoms with Gasteiger partial charge in [0.15, 0.2) is 17.2 Å². The highest BCUT2D eigenvalue weighted by atomic mass is 32.2. The number of aromatic amines is 1. The van der Waals surface area contributed by atoms with Crippen LogP contribution in [0.2, 0.25) is 0 Å². The third-order valence-electron chi connectivity index (χ3n) is 4.57. The van der Waals surface area contributed by atoms with E-state index in [1.54, 1.807) is 0 Å². The van der Waals surface area contributed by atoms with Crippen LogP contribution in [0.4, 0.5) is 24.7 Å². The number of fused-ring (bicyclic) bond motifs is 1. The Morgan fingerprint density at radius 1 is 1.37 bits per heavy atom. The predicted molar refractivity (Wildman–Crippen MR) is 106 cm³/mol. The molecule has 1 aliphatic heterocycles. The number of halogens is 3. The lowest BCUT2D eigenvalue weighted by atomic mass is 10.2. The molecule has 0 unspecified atom stereocenters. The molecule has 3 aromatic heterocycles. The van der Waals surface area contributed by atoms with Crippen LogP contribution in [-0.2, 0) is 20.6 Å². The van der Waals surface area contributed by atoms with Gasteiger partial charge < -0.3 is 9.64 Å². The smallest absolute Gasteiger partial charge is 0.377 e. The molecule has 4 heterocycles. The van der Waals surface area contributed by atoms with Gasteiger partial charge in [-0.15, -0.1) is 0 Å². The second kappa shape index (κ2) is 7.23. The molecule has 1 fully saturated rings. The summed E-state index contributed by atoms with van der Waals surface area (Å²) >= 11 is 0. The minimum absolute atomic E-state index is 0.0465. The molecule has 1 saturated heterocycles. The van der Waals surface area contributed by atoms with Gasteiger partial charge in [-0.2, -0.15) is 32.4 Å². The molecular weight excluding hydrogens is 423 g/mol. The Hall–Kier alpha value is -2.67. The van der Waals surface area contributed by atoms with Crippen molar-refractivity contribution in [3.8, 4) is 5.82 Å². The molecule has 9 nitrogen and oxygen atoms in total. The molecule has 0 saturated carbocycles. The van der Waals surface area contributed by atoms with Crippen LogP contribution in [0, 0.1) is 0 Å². The number of rotatable bonds is 3.